The second kappa shape index (κ2) is 4.88. The molecular weight excluding hydrogens is 262 g/mol. The maximum atomic E-state index is 5.38. The van der Waals surface area contributed by atoms with Crippen molar-refractivity contribution in [1.29, 1.82) is 0 Å². The van der Waals surface area contributed by atoms with Crippen molar-refractivity contribution in [2.24, 2.45) is 0 Å². The van der Waals surface area contributed by atoms with Gasteiger partial charge in [-0.1, -0.05) is 48.1 Å². The zero-order valence-corrected chi connectivity index (χ0v) is 12.8. The first-order valence-corrected chi connectivity index (χ1v) is 7.17. The number of para-hydroxylation sites is 1. The van der Waals surface area contributed by atoms with Crippen molar-refractivity contribution in [2.75, 3.05) is 0 Å². The van der Waals surface area contributed by atoms with Crippen LogP contribution in [0.3, 0.4) is 0 Å². The van der Waals surface area contributed by atoms with Gasteiger partial charge in [0, 0.05) is 10.9 Å². The molecule has 0 radical (unpaired) electrons. The smallest absolute Gasteiger partial charge is 0.104 e. The molecule has 0 amide bonds. The Hall–Kier alpha value is -1.93. The molecule has 0 aliphatic rings. The van der Waals surface area contributed by atoms with E-state index in [2.05, 4.69) is 62.2 Å². The SMILES string of the molecule is Cc1cc(C)c(-c2cc(=S)[nH]c3ccccc23)c(C)c1. The Morgan fingerprint density at radius 1 is 0.900 bits per heavy atom. The fourth-order valence-corrected chi connectivity index (χ4v) is 3.24. The molecule has 20 heavy (non-hydrogen) atoms. The third kappa shape index (κ3) is 2.16. The second-order valence-corrected chi connectivity index (χ2v) is 5.81. The van der Waals surface area contributed by atoms with Gasteiger partial charge in [0.05, 0.1) is 0 Å². The molecule has 1 heterocycles. The van der Waals surface area contributed by atoms with Crippen molar-refractivity contribution in [3.05, 3.63) is 63.8 Å². The van der Waals surface area contributed by atoms with Crippen molar-refractivity contribution in [3.63, 3.8) is 0 Å². The molecule has 1 aromatic heterocycles. The van der Waals surface area contributed by atoms with E-state index in [1.54, 1.807) is 0 Å². The van der Waals surface area contributed by atoms with Crippen LogP contribution in [0.4, 0.5) is 0 Å². The number of H-pyrrole nitrogens is 1. The number of hydrogen-bond acceptors (Lipinski definition) is 1. The van der Waals surface area contributed by atoms with E-state index >= 15 is 0 Å². The number of benzene rings is 2. The molecule has 3 aromatic rings. The highest BCUT2D eigenvalue weighted by Gasteiger charge is 2.10. The number of hydrogen-bond donors (Lipinski definition) is 1. The van der Waals surface area contributed by atoms with Crippen molar-refractivity contribution < 1.29 is 0 Å². The van der Waals surface area contributed by atoms with Crippen LogP contribution in [-0.2, 0) is 0 Å². The number of aromatic amines is 1. The predicted octanol–water partition coefficient (Wildman–Crippen LogP) is 5.49. The molecular formula is C18H17NS. The molecule has 0 saturated heterocycles. The largest absolute Gasteiger partial charge is 0.346 e. The number of aromatic nitrogens is 1. The van der Waals surface area contributed by atoms with Crippen LogP contribution in [-0.4, -0.2) is 4.98 Å². The van der Waals surface area contributed by atoms with Crippen LogP contribution in [0.25, 0.3) is 22.0 Å². The lowest BCUT2D eigenvalue weighted by molar-refractivity contribution is 1.31. The number of rotatable bonds is 1. The minimum Gasteiger partial charge on any atom is -0.346 e. The number of aryl methyl sites for hydroxylation is 3. The van der Waals surface area contributed by atoms with Crippen molar-refractivity contribution in [3.8, 4) is 11.1 Å². The standard InChI is InChI=1S/C18H17NS/c1-11-8-12(2)18(13(3)9-11)15-10-17(20)19-16-7-5-4-6-14(15)16/h4-10H,1-3H3,(H,19,20). The number of nitrogens with one attached hydrogen (secondary N) is 1. The van der Waals surface area contributed by atoms with Crippen LogP contribution in [0.1, 0.15) is 16.7 Å². The molecule has 100 valence electrons. The summed E-state index contributed by atoms with van der Waals surface area (Å²) in [6, 6.07) is 14.9. The zero-order chi connectivity index (χ0) is 14.3. The topological polar surface area (TPSA) is 15.8 Å². The van der Waals surface area contributed by atoms with E-state index in [0.29, 0.717) is 0 Å². The van der Waals surface area contributed by atoms with Crippen molar-refractivity contribution in [1.82, 2.24) is 4.98 Å². The highest BCUT2D eigenvalue weighted by atomic mass is 32.1. The van der Waals surface area contributed by atoms with Crippen LogP contribution < -0.4 is 0 Å². The van der Waals surface area contributed by atoms with Gasteiger partial charge in [-0.05, 0) is 55.2 Å². The molecule has 0 bridgehead atoms. The average molecular weight is 279 g/mol. The third-order valence-electron chi connectivity index (χ3n) is 3.70. The van der Waals surface area contributed by atoms with E-state index in [1.807, 2.05) is 6.07 Å². The maximum absolute atomic E-state index is 5.38. The highest BCUT2D eigenvalue weighted by molar-refractivity contribution is 7.71. The second-order valence-electron chi connectivity index (χ2n) is 5.37. The van der Waals surface area contributed by atoms with E-state index in [0.717, 1.165) is 10.2 Å². The summed E-state index contributed by atoms with van der Waals surface area (Å²) in [6.07, 6.45) is 0. The Morgan fingerprint density at radius 2 is 1.55 bits per heavy atom. The van der Waals surface area contributed by atoms with Crippen LogP contribution in [0.15, 0.2) is 42.5 Å². The van der Waals surface area contributed by atoms with Gasteiger partial charge in [-0.3, -0.25) is 0 Å². The normalized spacial score (nSPS) is 10.9. The maximum Gasteiger partial charge on any atom is 0.104 e. The van der Waals surface area contributed by atoms with Gasteiger partial charge in [0.1, 0.15) is 4.64 Å². The summed E-state index contributed by atoms with van der Waals surface area (Å²) in [5.74, 6) is 0. The summed E-state index contributed by atoms with van der Waals surface area (Å²) in [5, 5.41) is 1.22. The van der Waals surface area contributed by atoms with Crippen LogP contribution in [0, 0.1) is 25.4 Å². The van der Waals surface area contributed by atoms with Crippen LogP contribution >= 0.6 is 12.2 Å². The predicted molar refractivity (Wildman–Crippen MR) is 88.8 cm³/mol. The Morgan fingerprint density at radius 3 is 2.25 bits per heavy atom. The molecule has 0 atom stereocenters. The first-order chi connectivity index (χ1) is 9.56. The first kappa shape index (κ1) is 13.1. The molecule has 1 nitrogen and oxygen atoms in total. The number of pyridine rings is 1. The summed E-state index contributed by atoms with van der Waals surface area (Å²) in [4.78, 5) is 3.26. The van der Waals surface area contributed by atoms with Gasteiger partial charge >= 0.3 is 0 Å². The third-order valence-corrected chi connectivity index (χ3v) is 3.92. The van der Waals surface area contributed by atoms with Crippen LogP contribution in [0.2, 0.25) is 0 Å². The van der Waals surface area contributed by atoms with Crippen LogP contribution in [0.5, 0.6) is 0 Å². The van der Waals surface area contributed by atoms with E-state index in [-0.39, 0.29) is 0 Å². The molecule has 3 rings (SSSR count). The van der Waals surface area contributed by atoms with E-state index in [9.17, 15) is 0 Å². The average Bonchev–Trinajstić information content (AvgIpc) is 2.37. The van der Waals surface area contributed by atoms with E-state index < -0.39 is 0 Å². The van der Waals surface area contributed by atoms with Crippen molar-refractivity contribution >= 4 is 23.1 Å². The fraction of sp³-hybridized carbons (Fsp3) is 0.167. The summed E-state index contributed by atoms with van der Waals surface area (Å²) >= 11 is 5.38. The molecule has 0 aliphatic heterocycles. The summed E-state index contributed by atoms with van der Waals surface area (Å²) in [7, 11) is 0. The minimum absolute atomic E-state index is 0.776. The van der Waals surface area contributed by atoms with Gasteiger partial charge in [-0.15, -0.1) is 0 Å². The molecule has 0 unspecified atom stereocenters. The fourth-order valence-electron chi connectivity index (χ4n) is 3.02. The lowest BCUT2D eigenvalue weighted by atomic mass is 9.92. The molecule has 2 heteroatoms. The summed E-state index contributed by atoms with van der Waals surface area (Å²) in [6.45, 7) is 6.48. The molecule has 0 saturated carbocycles. The summed E-state index contributed by atoms with van der Waals surface area (Å²) in [5.41, 5.74) is 7.51. The van der Waals surface area contributed by atoms with Crippen molar-refractivity contribution in [2.45, 2.75) is 20.8 Å². The molecule has 0 fully saturated rings. The lowest BCUT2D eigenvalue weighted by Gasteiger charge is -2.14. The van der Waals surface area contributed by atoms with Gasteiger partial charge in [-0.2, -0.15) is 0 Å². The van der Waals surface area contributed by atoms with E-state index in [4.69, 9.17) is 12.2 Å². The van der Waals surface area contributed by atoms with Gasteiger partial charge < -0.3 is 4.98 Å². The van der Waals surface area contributed by atoms with Gasteiger partial charge in [0.2, 0.25) is 0 Å². The van der Waals surface area contributed by atoms with E-state index in [1.165, 1.54) is 33.2 Å². The molecule has 0 spiro atoms. The Labute approximate surface area is 124 Å². The molecule has 1 N–H and O–H groups in total. The zero-order valence-electron chi connectivity index (χ0n) is 11.9. The first-order valence-electron chi connectivity index (χ1n) is 6.76. The lowest BCUT2D eigenvalue weighted by Crippen LogP contribution is -1.92. The van der Waals surface area contributed by atoms with Gasteiger partial charge in [-0.25, -0.2) is 0 Å². The number of fused-ring (bicyclic) bond motifs is 1. The Bertz CT molecular complexity index is 836. The summed E-state index contributed by atoms with van der Waals surface area (Å²) < 4.78 is 0.776. The molecule has 0 aliphatic carbocycles. The molecule has 2 aromatic carbocycles. The minimum atomic E-state index is 0.776. The highest BCUT2D eigenvalue weighted by Crippen LogP contribution is 2.33. The Balaban J connectivity index is 2.44. The Kier molecular flexibility index (Phi) is 3.19. The monoisotopic (exact) mass is 279 g/mol. The van der Waals surface area contributed by atoms with Gasteiger partial charge in [0.15, 0.2) is 0 Å². The quantitative estimate of drug-likeness (QED) is 0.582. The van der Waals surface area contributed by atoms with Gasteiger partial charge in [0.25, 0.3) is 0 Å².